The van der Waals surface area contributed by atoms with Crippen molar-refractivity contribution in [1.82, 2.24) is 20.3 Å². The molecule has 152 valence electrons. The molecule has 1 aromatic heterocycles. The second kappa shape index (κ2) is 9.28. The van der Waals surface area contributed by atoms with E-state index in [9.17, 15) is 10.2 Å². The number of β-amino-alcohol motifs (C(OH)–C–C–N with tert-alkyl or cyclic N) is 1. The SMILES string of the molecule is O[C@@H]1[C@@H](OCc2ccccc2)[C@@H](Cc2cn(Cc3ccccc3)nn2)NC[C@H]1O. The van der Waals surface area contributed by atoms with Crippen molar-refractivity contribution < 1.29 is 14.9 Å². The van der Waals surface area contributed by atoms with Crippen LogP contribution in [-0.2, 0) is 24.3 Å². The maximum absolute atomic E-state index is 10.5. The highest BCUT2D eigenvalue weighted by Gasteiger charge is 2.38. The lowest BCUT2D eigenvalue weighted by Crippen LogP contribution is -2.61. The Balaban J connectivity index is 1.41. The number of ether oxygens (including phenoxy) is 1. The van der Waals surface area contributed by atoms with Crippen LogP contribution in [0.5, 0.6) is 0 Å². The summed E-state index contributed by atoms with van der Waals surface area (Å²) in [4.78, 5) is 0. The molecule has 1 aliphatic rings. The number of aliphatic hydroxyl groups is 2. The Morgan fingerprint density at radius 1 is 1.00 bits per heavy atom. The minimum absolute atomic E-state index is 0.168. The van der Waals surface area contributed by atoms with Gasteiger partial charge in [0.05, 0.1) is 24.9 Å². The number of piperidine rings is 1. The van der Waals surface area contributed by atoms with E-state index < -0.39 is 18.3 Å². The van der Waals surface area contributed by atoms with E-state index in [1.54, 1.807) is 4.68 Å². The molecule has 2 aromatic carbocycles. The lowest BCUT2D eigenvalue weighted by atomic mass is 9.93. The second-order valence-electron chi connectivity index (χ2n) is 7.43. The summed E-state index contributed by atoms with van der Waals surface area (Å²) >= 11 is 0. The van der Waals surface area contributed by atoms with Crippen molar-refractivity contribution in [2.75, 3.05) is 6.54 Å². The van der Waals surface area contributed by atoms with Crippen molar-refractivity contribution in [3.05, 3.63) is 83.7 Å². The fourth-order valence-corrected chi connectivity index (χ4v) is 3.64. The average Bonchev–Trinajstić information content (AvgIpc) is 3.19. The van der Waals surface area contributed by atoms with Crippen molar-refractivity contribution in [3.8, 4) is 0 Å². The van der Waals surface area contributed by atoms with Crippen LogP contribution in [0.25, 0.3) is 0 Å². The predicted octanol–water partition coefficient (Wildman–Crippen LogP) is 1.15. The van der Waals surface area contributed by atoms with Crippen LogP contribution in [0.1, 0.15) is 16.8 Å². The molecule has 1 saturated heterocycles. The molecule has 0 radical (unpaired) electrons. The summed E-state index contributed by atoms with van der Waals surface area (Å²) < 4.78 is 7.82. The molecule has 1 fully saturated rings. The number of hydrogen-bond donors (Lipinski definition) is 3. The number of hydrogen-bond acceptors (Lipinski definition) is 6. The third kappa shape index (κ3) is 5.07. The number of nitrogens with one attached hydrogen (secondary N) is 1. The van der Waals surface area contributed by atoms with E-state index in [0.717, 1.165) is 16.8 Å². The van der Waals surface area contributed by atoms with Gasteiger partial charge >= 0.3 is 0 Å². The molecule has 0 spiro atoms. The van der Waals surface area contributed by atoms with Gasteiger partial charge in [-0.1, -0.05) is 65.9 Å². The molecule has 29 heavy (non-hydrogen) atoms. The Labute approximate surface area is 170 Å². The molecule has 4 rings (SSSR count). The molecule has 3 N–H and O–H groups in total. The van der Waals surface area contributed by atoms with Gasteiger partial charge in [0.25, 0.3) is 0 Å². The minimum atomic E-state index is -0.954. The van der Waals surface area contributed by atoms with Gasteiger partial charge in [0, 0.05) is 25.2 Å². The monoisotopic (exact) mass is 394 g/mol. The van der Waals surface area contributed by atoms with Crippen molar-refractivity contribution in [2.24, 2.45) is 0 Å². The summed E-state index contributed by atoms with van der Waals surface area (Å²) in [5, 5.41) is 32.4. The Bertz CT molecular complexity index is 887. The van der Waals surface area contributed by atoms with Gasteiger partial charge in [-0.05, 0) is 11.1 Å². The Morgan fingerprint density at radius 2 is 1.69 bits per heavy atom. The molecule has 2 heterocycles. The van der Waals surface area contributed by atoms with Gasteiger partial charge in [0.1, 0.15) is 12.2 Å². The molecular weight excluding hydrogens is 368 g/mol. The van der Waals surface area contributed by atoms with Crippen molar-refractivity contribution in [3.63, 3.8) is 0 Å². The molecule has 4 atom stereocenters. The van der Waals surface area contributed by atoms with Crippen molar-refractivity contribution in [2.45, 2.75) is 43.9 Å². The summed E-state index contributed by atoms with van der Waals surface area (Å²) in [6, 6.07) is 19.7. The minimum Gasteiger partial charge on any atom is -0.389 e. The zero-order valence-electron chi connectivity index (χ0n) is 16.1. The normalized spacial score (nSPS) is 24.5. The fourth-order valence-electron chi connectivity index (χ4n) is 3.64. The summed E-state index contributed by atoms with van der Waals surface area (Å²) in [6.45, 7) is 1.34. The van der Waals surface area contributed by atoms with Crippen LogP contribution in [0.4, 0.5) is 0 Å². The molecule has 0 unspecified atom stereocenters. The largest absolute Gasteiger partial charge is 0.389 e. The number of rotatable bonds is 7. The quantitative estimate of drug-likeness (QED) is 0.557. The van der Waals surface area contributed by atoms with Gasteiger partial charge < -0.3 is 20.3 Å². The smallest absolute Gasteiger partial charge is 0.109 e. The summed E-state index contributed by atoms with van der Waals surface area (Å²) in [5.41, 5.74) is 2.99. The molecule has 7 nitrogen and oxygen atoms in total. The first-order valence-corrected chi connectivity index (χ1v) is 9.87. The van der Waals surface area contributed by atoms with E-state index >= 15 is 0 Å². The number of aromatic nitrogens is 3. The maximum Gasteiger partial charge on any atom is 0.109 e. The van der Waals surface area contributed by atoms with E-state index in [1.165, 1.54) is 0 Å². The first kappa shape index (κ1) is 19.7. The van der Waals surface area contributed by atoms with Gasteiger partial charge in [-0.2, -0.15) is 0 Å². The van der Waals surface area contributed by atoms with Crippen LogP contribution in [0.2, 0.25) is 0 Å². The molecule has 0 amide bonds. The summed E-state index contributed by atoms with van der Waals surface area (Å²) in [5.74, 6) is 0. The van der Waals surface area contributed by atoms with E-state index in [4.69, 9.17) is 4.74 Å². The molecule has 0 saturated carbocycles. The van der Waals surface area contributed by atoms with E-state index in [-0.39, 0.29) is 6.04 Å². The van der Waals surface area contributed by atoms with Crippen LogP contribution < -0.4 is 5.32 Å². The van der Waals surface area contributed by atoms with Gasteiger partial charge in [-0.3, -0.25) is 0 Å². The van der Waals surface area contributed by atoms with E-state index in [2.05, 4.69) is 27.8 Å². The zero-order valence-corrected chi connectivity index (χ0v) is 16.1. The molecule has 0 bridgehead atoms. The first-order valence-electron chi connectivity index (χ1n) is 9.87. The number of nitrogens with zero attached hydrogens (tertiary/aromatic N) is 3. The second-order valence-corrected chi connectivity index (χ2v) is 7.43. The summed E-state index contributed by atoms with van der Waals surface area (Å²) in [7, 11) is 0. The lowest BCUT2D eigenvalue weighted by molar-refractivity contribution is -0.127. The number of benzene rings is 2. The molecule has 3 aromatic rings. The summed E-state index contributed by atoms with van der Waals surface area (Å²) in [6.07, 6.45) is 0.113. The highest BCUT2D eigenvalue weighted by atomic mass is 16.5. The maximum atomic E-state index is 10.5. The molecule has 0 aliphatic carbocycles. The molecular formula is C22H26N4O3. The Hall–Kier alpha value is -2.58. The van der Waals surface area contributed by atoms with Crippen molar-refractivity contribution in [1.29, 1.82) is 0 Å². The molecule has 1 aliphatic heterocycles. The van der Waals surface area contributed by atoms with Crippen LogP contribution in [0.15, 0.2) is 66.9 Å². The van der Waals surface area contributed by atoms with Gasteiger partial charge in [-0.25, -0.2) is 4.68 Å². The third-order valence-corrected chi connectivity index (χ3v) is 5.20. The van der Waals surface area contributed by atoms with Crippen LogP contribution in [-0.4, -0.2) is 56.1 Å². The standard InChI is InChI=1S/C22H26N4O3/c27-20-12-23-19(22(21(20)28)29-15-17-9-5-2-6-10-17)11-18-14-26(25-24-18)13-16-7-3-1-4-8-16/h1-10,14,19-23,27-28H,11-13,15H2/t19-,20-,21+,22+/m1/s1. The third-order valence-electron chi connectivity index (χ3n) is 5.20. The van der Waals surface area contributed by atoms with E-state index in [0.29, 0.717) is 26.1 Å². The first-order chi connectivity index (χ1) is 14.2. The van der Waals surface area contributed by atoms with E-state index in [1.807, 2.05) is 54.7 Å². The fraction of sp³-hybridized carbons (Fsp3) is 0.364. The number of aliphatic hydroxyl groups excluding tert-OH is 2. The Kier molecular flexibility index (Phi) is 6.31. The van der Waals surface area contributed by atoms with Crippen molar-refractivity contribution >= 4 is 0 Å². The van der Waals surface area contributed by atoms with Gasteiger partial charge in [0.2, 0.25) is 0 Å². The predicted molar refractivity (Wildman–Crippen MR) is 108 cm³/mol. The van der Waals surface area contributed by atoms with Crippen LogP contribution >= 0.6 is 0 Å². The topological polar surface area (TPSA) is 92.4 Å². The Morgan fingerprint density at radius 3 is 2.41 bits per heavy atom. The van der Waals surface area contributed by atoms with Crippen LogP contribution in [0.3, 0.4) is 0 Å². The van der Waals surface area contributed by atoms with Crippen LogP contribution in [0, 0.1) is 0 Å². The van der Waals surface area contributed by atoms with Gasteiger partial charge in [0.15, 0.2) is 0 Å². The van der Waals surface area contributed by atoms with Gasteiger partial charge in [-0.15, -0.1) is 5.10 Å². The highest BCUT2D eigenvalue weighted by Crippen LogP contribution is 2.19. The lowest BCUT2D eigenvalue weighted by Gasteiger charge is -2.38. The highest BCUT2D eigenvalue weighted by molar-refractivity contribution is 5.15. The average molecular weight is 394 g/mol. The molecule has 7 heteroatoms. The zero-order chi connectivity index (χ0) is 20.1.